The number of hydrogen-bond acceptors (Lipinski definition) is 3. The zero-order valence-corrected chi connectivity index (χ0v) is 12.5. The van der Waals surface area contributed by atoms with Crippen LogP contribution in [0.3, 0.4) is 0 Å². The highest BCUT2D eigenvalue weighted by atomic mass is 79.9. The third-order valence-electron chi connectivity index (χ3n) is 2.93. The van der Waals surface area contributed by atoms with Gasteiger partial charge in [-0.05, 0) is 51.8 Å². The zero-order valence-electron chi connectivity index (χ0n) is 10.9. The molecule has 2 heterocycles. The van der Waals surface area contributed by atoms with Crippen molar-refractivity contribution in [1.29, 1.82) is 0 Å². The molecule has 0 aliphatic rings. The Morgan fingerprint density at radius 2 is 1.90 bits per heavy atom. The molecule has 3 aromatic rings. The van der Waals surface area contributed by atoms with Crippen LogP contribution in [0.5, 0.6) is 0 Å². The number of aromatic amines is 1. The van der Waals surface area contributed by atoms with Crippen LogP contribution in [-0.4, -0.2) is 21.1 Å². The Labute approximate surface area is 129 Å². The zero-order chi connectivity index (χ0) is 14.7. The van der Waals surface area contributed by atoms with E-state index >= 15 is 0 Å². The molecular formula is C15H11BrN4O. The molecule has 0 aliphatic heterocycles. The molecule has 0 aliphatic carbocycles. The minimum Gasteiger partial charge on any atom is -0.321 e. The molecule has 0 bridgehead atoms. The smallest absolute Gasteiger partial charge is 0.275 e. The van der Waals surface area contributed by atoms with Crippen molar-refractivity contribution in [2.75, 3.05) is 5.32 Å². The van der Waals surface area contributed by atoms with Crippen LogP contribution < -0.4 is 5.32 Å². The Hall–Kier alpha value is -2.47. The first-order valence-electron chi connectivity index (χ1n) is 6.26. The van der Waals surface area contributed by atoms with E-state index in [4.69, 9.17) is 0 Å². The number of halogens is 1. The van der Waals surface area contributed by atoms with E-state index in [1.165, 1.54) is 0 Å². The normalized spacial score (nSPS) is 10.3. The van der Waals surface area contributed by atoms with E-state index in [0.29, 0.717) is 15.9 Å². The Morgan fingerprint density at radius 3 is 2.57 bits per heavy atom. The summed E-state index contributed by atoms with van der Waals surface area (Å²) in [6.45, 7) is 0. The summed E-state index contributed by atoms with van der Waals surface area (Å²) in [5, 5.41) is 9.62. The average Bonchev–Trinajstić information content (AvgIpc) is 3.02. The Bertz CT molecular complexity index is 754. The van der Waals surface area contributed by atoms with E-state index in [2.05, 4.69) is 36.4 Å². The van der Waals surface area contributed by atoms with Crippen LogP contribution in [0.2, 0.25) is 0 Å². The molecule has 0 saturated heterocycles. The van der Waals surface area contributed by atoms with Gasteiger partial charge in [-0.3, -0.25) is 9.89 Å². The second-order valence-corrected chi connectivity index (χ2v) is 5.19. The maximum Gasteiger partial charge on any atom is 0.275 e. The number of anilines is 1. The molecule has 1 amide bonds. The highest BCUT2D eigenvalue weighted by Gasteiger charge is 2.11. The first kappa shape index (κ1) is 13.5. The summed E-state index contributed by atoms with van der Waals surface area (Å²) in [7, 11) is 0. The minimum absolute atomic E-state index is 0.253. The number of rotatable bonds is 3. The molecule has 0 unspecified atom stereocenters. The van der Waals surface area contributed by atoms with Gasteiger partial charge in [0.1, 0.15) is 5.69 Å². The van der Waals surface area contributed by atoms with Crippen LogP contribution in [0.4, 0.5) is 5.69 Å². The summed E-state index contributed by atoms with van der Waals surface area (Å²) in [5.74, 6) is -0.253. The van der Waals surface area contributed by atoms with Gasteiger partial charge in [-0.2, -0.15) is 5.10 Å². The fourth-order valence-electron chi connectivity index (χ4n) is 1.89. The SMILES string of the molecule is O=C(Nc1ccc(-c2ccn[nH]2)cc1)c1ncccc1Br. The lowest BCUT2D eigenvalue weighted by Gasteiger charge is -2.06. The van der Waals surface area contributed by atoms with Gasteiger partial charge in [0.25, 0.3) is 5.91 Å². The molecule has 0 atom stereocenters. The Morgan fingerprint density at radius 1 is 1.10 bits per heavy atom. The maximum atomic E-state index is 12.1. The summed E-state index contributed by atoms with van der Waals surface area (Å²) >= 11 is 3.31. The molecule has 3 rings (SSSR count). The number of aromatic nitrogens is 3. The van der Waals surface area contributed by atoms with Gasteiger partial charge in [0.2, 0.25) is 0 Å². The second-order valence-electron chi connectivity index (χ2n) is 4.34. The van der Waals surface area contributed by atoms with Crippen LogP contribution >= 0.6 is 15.9 Å². The molecule has 5 nitrogen and oxygen atoms in total. The highest BCUT2D eigenvalue weighted by molar-refractivity contribution is 9.10. The Balaban J connectivity index is 1.77. The van der Waals surface area contributed by atoms with Gasteiger partial charge in [0, 0.05) is 22.6 Å². The number of carbonyl (C=O) groups excluding carboxylic acids is 1. The molecule has 2 N–H and O–H groups in total. The van der Waals surface area contributed by atoms with Gasteiger partial charge in [0.05, 0.1) is 5.69 Å². The number of H-pyrrole nitrogens is 1. The predicted molar refractivity (Wildman–Crippen MR) is 83.9 cm³/mol. The van der Waals surface area contributed by atoms with E-state index in [9.17, 15) is 4.79 Å². The number of hydrogen-bond donors (Lipinski definition) is 2. The molecule has 0 spiro atoms. The van der Waals surface area contributed by atoms with Crippen molar-refractivity contribution in [2.45, 2.75) is 0 Å². The summed E-state index contributed by atoms with van der Waals surface area (Å²) in [6, 6.07) is 12.9. The van der Waals surface area contributed by atoms with Gasteiger partial charge in [0.15, 0.2) is 0 Å². The number of nitrogens with zero attached hydrogens (tertiary/aromatic N) is 2. The van der Waals surface area contributed by atoms with Crippen LogP contribution in [0, 0.1) is 0 Å². The molecule has 0 radical (unpaired) electrons. The summed E-state index contributed by atoms with van der Waals surface area (Å²) in [4.78, 5) is 16.2. The van der Waals surface area contributed by atoms with Gasteiger partial charge < -0.3 is 5.32 Å². The maximum absolute atomic E-state index is 12.1. The number of carbonyl (C=O) groups is 1. The average molecular weight is 343 g/mol. The van der Waals surface area contributed by atoms with E-state index in [0.717, 1.165) is 11.3 Å². The van der Waals surface area contributed by atoms with Crippen molar-refractivity contribution < 1.29 is 4.79 Å². The van der Waals surface area contributed by atoms with E-state index in [1.807, 2.05) is 30.3 Å². The number of benzene rings is 1. The molecule has 6 heteroatoms. The lowest BCUT2D eigenvalue weighted by Crippen LogP contribution is -2.14. The van der Waals surface area contributed by atoms with Crippen molar-refractivity contribution >= 4 is 27.5 Å². The molecular weight excluding hydrogens is 332 g/mol. The van der Waals surface area contributed by atoms with Crippen molar-refractivity contribution in [3.63, 3.8) is 0 Å². The van der Waals surface area contributed by atoms with Gasteiger partial charge in [-0.25, -0.2) is 4.98 Å². The molecule has 1 aromatic carbocycles. The third-order valence-corrected chi connectivity index (χ3v) is 3.57. The fourth-order valence-corrected chi connectivity index (χ4v) is 2.33. The molecule has 104 valence electrons. The first-order valence-corrected chi connectivity index (χ1v) is 7.05. The van der Waals surface area contributed by atoms with Crippen molar-refractivity contribution in [3.05, 3.63) is 65.0 Å². The molecule has 21 heavy (non-hydrogen) atoms. The van der Waals surface area contributed by atoms with Crippen molar-refractivity contribution in [2.24, 2.45) is 0 Å². The summed E-state index contributed by atoms with van der Waals surface area (Å²) in [6.07, 6.45) is 3.28. The lowest BCUT2D eigenvalue weighted by atomic mass is 10.1. The minimum atomic E-state index is -0.253. The largest absolute Gasteiger partial charge is 0.321 e. The van der Waals surface area contributed by atoms with Crippen molar-refractivity contribution in [1.82, 2.24) is 15.2 Å². The van der Waals surface area contributed by atoms with Gasteiger partial charge in [-0.15, -0.1) is 0 Å². The standard InChI is InChI=1S/C15H11BrN4O/c16-12-2-1-8-17-14(12)15(21)19-11-5-3-10(4-6-11)13-7-9-18-20-13/h1-9H,(H,18,20)(H,19,21). The molecule has 2 aromatic heterocycles. The molecule has 0 fully saturated rings. The van der Waals surface area contributed by atoms with E-state index in [1.54, 1.807) is 24.5 Å². The number of amides is 1. The summed E-state index contributed by atoms with van der Waals surface area (Å²) in [5.41, 5.74) is 3.00. The van der Waals surface area contributed by atoms with Gasteiger partial charge in [-0.1, -0.05) is 12.1 Å². The van der Waals surface area contributed by atoms with Crippen molar-refractivity contribution in [3.8, 4) is 11.3 Å². The van der Waals surface area contributed by atoms with Crippen LogP contribution in [0.15, 0.2) is 59.3 Å². The summed E-state index contributed by atoms with van der Waals surface area (Å²) < 4.78 is 0.664. The Kier molecular flexibility index (Phi) is 3.79. The van der Waals surface area contributed by atoms with Crippen LogP contribution in [0.25, 0.3) is 11.3 Å². The van der Waals surface area contributed by atoms with Crippen LogP contribution in [-0.2, 0) is 0 Å². The number of pyridine rings is 1. The number of nitrogens with one attached hydrogen (secondary N) is 2. The topological polar surface area (TPSA) is 70.7 Å². The second kappa shape index (κ2) is 5.88. The third kappa shape index (κ3) is 3.00. The van der Waals surface area contributed by atoms with E-state index in [-0.39, 0.29) is 5.91 Å². The highest BCUT2D eigenvalue weighted by Crippen LogP contribution is 2.20. The predicted octanol–water partition coefficient (Wildman–Crippen LogP) is 3.49. The molecule has 0 saturated carbocycles. The first-order chi connectivity index (χ1) is 10.2. The fraction of sp³-hybridized carbons (Fsp3) is 0. The van der Waals surface area contributed by atoms with E-state index < -0.39 is 0 Å². The van der Waals surface area contributed by atoms with Gasteiger partial charge >= 0.3 is 0 Å². The van der Waals surface area contributed by atoms with Crippen LogP contribution in [0.1, 0.15) is 10.5 Å². The lowest BCUT2D eigenvalue weighted by molar-refractivity contribution is 0.102. The quantitative estimate of drug-likeness (QED) is 0.765. The monoisotopic (exact) mass is 342 g/mol.